The molecule has 2 aromatic rings. The number of thioether (sulfide) groups is 1. The summed E-state index contributed by atoms with van der Waals surface area (Å²) < 4.78 is 8.11. The summed E-state index contributed by atoms with van der Waals surface area (Å²) in [6, 6.07) is 6.38. The summed E-state index contributed by atoms with van der Waals surface area (Å²) in [5.74, 6) is 1.93. The van der Waals surface area contributed by atoms with E-state index in [2.05, 4.69) is 35.1 Å². The van der Waals surface area contributed by atoms with Crippen LogP contribution in [0.15, 0.2) is 36.0 Å². The number of carbonyl (C=O) groups is 1. The molecule has 0 spiro atoms. The van der Waals surface area contributed by atoms with Gasteiger partial charge in [0.15, 0.2) is 17.1 Å². The molecular weight excluding hydrogens is 360 g/mol. The Balaban J connectivity index is 1.71. The number of allylic oxidation sites excluding steroid dienone is 1. The van der Waals surface area contributed by atoms with Gasteiger partial charge in [-0.2, -0.15) is 0 Å². The average molecular weight is 387 g/mol. The molecule has 1 N–H and O–H groups in total. The van der Waals surface area contributed by atoms with Gasteiger partial charge in [0.05, 0.1) is 5.75 Å². The summed E-state index contributed by atoms with van der Waals surface area (Å²) in [6.07, 6.45) is 3.69. The SMILES string of the molecule is C=CCn1c(SCC(=O)NC2CC2)nnc1C(C)Oc1cccc(C)c1C. The average Bonchev–Trinajstić information content (AvgIpc) is 3.36. The number of aryl methyl sites for hydroxylation is 1. The number of hydrogen-bond acceptors (Lipinski definition) is 5. The molecule has 1 aromatic heterocycles. The van der Waals surface area contributed by atoms with Gasteiger partial charge in [-0.05, 0) is 50.8 Å². The highest BCUT2D eigenvalue weighted by Gasteiger charge is 2.24. The highest BCUT2D eigenvalue weighted by Crippen LogP contribution is 2.28. The van der Waals surface area contributed by atoms with Crippen molar-refractivity contribution in [1.82, 2.24) is 20.1 Å². The molecule has 1 aliphatic carbocycles. The Labute approximate surface area is 164 Å². The monoisotopic (exact) mass is 386 g/mol. The van der Waals surface area contributed by atoms with E-state index in [9.17, 15) is 4.79 Å². The molecule has 1 saturated carbocycles. The molecule has 1 aliphatic rings. The lowest BCUT2D eigenvalue weighted by molar-refractivity contribution is -0.118. The molecule has 1 unspecified atom stereocenters. The molecule has 6 nitrogen and oxygen atoms in total. The maximum Gasteiger partial charge on any atom is 0.230 e. The molecule has 1 fully saturated rings. The van der Waals surface area contributed by atoms with Crippen LogP contribution in [0.2, 0.25) is 0 Å². The third-order valence-corrected chi connectivity index (χ3v) is 5.52. The largest absolute Gasteiger partial charge is 0.482 e. The predicted molar refractivity (Wildman–Crippen MR) is 107 cm³/mol. The fraction of sp³-hybridized carbons (Fsp3) is 0.450. The minimum atomic E-state index is -0.271. The van der Waals surface area contributed by atoms with Crippen LogP contribution in [0, 0.1) is 13.8 Å². The quantitative estimate of drug-likeness (QED) is 0.527. The minimum absolute atomic E-state index is 0.0388. The van der Waals surface area contributed by atoms with Crippen LogP contribution in [0.5, 0.6) is 5.75 Å². The number of rotatable bonds is 9. The van der Waals surface area contributed by atoms with Crippen LogP contribution >= 0.6 is 11.8 Å². The first-order valence-electron chi connectivity index (χ1n) is 9.18. The standard InChI is InChI=1S/C20H26N4O2S/c1-5-11-24-19(15(4)26-17-8-6-7-13(2)14(17)3)22-23-20(24)27-12-18(25)21-16-9-10-16/h5-8,15-16H,1,9-12H2,2-4H3,(H,21,25). The summed E-state index contributed by atoms with van der Waals surface area (Å²) in [5, 5.41) is 12.3. The lowest BCUT2D eigenvalue weighted by Gasteiger charge is -2.18. The summed E-state index contributed by atoms with van der Waals surface area (Å²) in [4.78, 5) is 12.0. The number of nitrogens with one attached hydrogen (secondary N) is 1. The van der Waals surface area contributed by atoms with Crippen LogP contribution in [0.1, 0.15) is 42.8 Å². The number of carbonyl (C=O) groups excluding carboxylic acids is 1. The number of amides is 1. The minimum Gasteiger partial charge on any atom is -0.482 e. The van der Waals surface area contributed by atoms with Crippen LogP contribution in [-0.2, 0) is 11.3 Å². The number of benzene rings is 1. The summed E-state index contributed by atoms with van der Waals surface area (Å²) in [5.41, 5.74) is 2.30. The first kappa shape index (κ1) is 19.5. The van der Waals surface area contributed by atoms with E-state index in [4.69, 9.17) is 4.74 Å². The van der Waals surface area contributed by atoms with Crippen LogP contribution in [0.25, 0.3) is 0 Å². The Bertz CT molecular complexity index is 829. The predicted octanol–water partition coefficient (Wildman–Crippen LogP) is 3.59. The molecule has 7 heteroatoms. The Morgan fingerprint density at radius 2 is 2.22 bits per heavy atom. The first-order chi connectivity index (χ1) is 13.0. The van der Waals surface area contributed by atoms with E-state index in [0.29, 0.717) is 23.5 Å². The summed E-state index contributed by atoms with van der Waals surface area (Å²) in [7, 11) is 0. The van der Waals surface area contributed by atoms with E-state index in [1.807, 2.05) is 30.5 Å². The molecule has 0 aliphatic heterocycles. The van der Waals surface area contributed by atoms with Crippen molar-refractivity contribution in [1.29, 1.82) is 0 Å². The molecule has 0 saturated heterocycles. The molecule has 27 heavy (non-hydrogen) atoms. The van der Waals surface area contributed by atoms with Gasteiger partial charge >= 0.3 is 0 Å². The van der Waals surface area contributed by atoms with Gasteiger partial charge in [0.25, 0.3) is 0 Å². The van der Waals surface area contributed by atoms with E-state index in [1.54, 1.807) is 6.08 Å². The van der Waals surface area contributed by atoms with Crippen LogP contribution in [0.4, 0.5) is 0 Å². The molecule has 1 heterocycles. The van der Waals surface area contributed by atoms with Gasteiger partial charge in [0.2, 0.25) is 5.91 Å². The number of nitrogens with zero attached hydrogens (tertiary/aromatic N) is 3. The molecule has 1 atom stereocenters. The molecule has 0 radical (unpaired) electrons. The zero-order valence-corrected chi connectivity index (χ0v) is 16.9. The molecule has 0 bridgehead atoms. The lowest BCUT2D eigenvalue weighted by Crippen LogP contribution is -2.27. The maximum atomic E-state index is 12.0. The Kier molecular flexibility index (Phi) is 6.21. The second-order valence-electron chi connectivity index (χ2n) is 6.83. The molecule has 144 valence electrons. The Morgan fingerprint density at radius 1 is 1.44 bits per heavy atom. The van der Waals surface area contributed by atoms with Gasteiger partial charge in [-0.25, -0.2) is 0 Å². The Hall–Kier alpha value is -2.28. The van der Waals surface area contributed by atoms with Crippen molar-refractivity contribution in [2.45, 2.75) is 57.5 Å². The van der Waals surface area contributed by atoms with Crippen molar-refractivity contribution >= 4 is 17.7 Å². The second kappa shape index (κ2) is 8.61. The number of hydrogen-bond donors (Lipinski definition) is 1. The third kappa shape index (κ3) is 4.91. The van der Waals surface area contributed by atoms with Crippen molar-refractivity contribution in [3.8, 4) is 5.75 Å². The van der Waals surface area contributed by atoms with Gasteiger partial charge in [-0.1, -0.05) is 30.0 Å². The van der Waals surface area contributed by atoms with Crippen LogP contribution in [-0.4, -0.2) is 32.5 Å². The van der Waals surface area contributed by atoms with Gasteiger partial charge in [-0.15, -0.1) is 16.8 Å². The van der Waals surface area contributed by atoms with E-state index < -0.39 is 0 Å². The normalized spacial score (nSPS) is 14.6. The smallest absolute Gasteiger partial charge is 0.230 e. The summed E-state index contributed by atoms with van der Waals surface area (Å²) in [6.45, 7) is 10.5. The second-order valence-corrected chi connectivity index (χ2v) is 7.77. The van der Waals surface area contributed by atoms with Gasteiger partial charge in [0.1, 0.15) is 5.75 Å². The lowest BCUT2D eigenvalue weighted by atomic mass is 10.1. The molecule has 1 amide bonds. The number of aromatic nitrogens is 3. The fourth-order valence-corrected chi connectivity index (χ4v) is 3.50. The van der Waals surface area contributed by atoms with Crippen LogP contribution < -0.4 is 10.1 Å². The van der Waals surface area contributed by atoms with E-state index in [-0.39, 0.29) is 12.0 Å². The fourth-order valence-electron chi connectivity index (χ4n) is 2.73. The topological polar surface area (TPSA) is 69.0 Å². The van der Waals surface area contributed by atoms with Crippen LogP contribution in [0.3, 0.4) is 0 Å². The molecule has 1 aromatic carbocycles. The zero-order valence-electron chi connectivity index (χ0n) is 16.1. The first-order valence-corrected chi connectivity index (χ1v) is 10.2. The highest BCUT2D eigenvalue weighted by molar-refractivity contribution is 7.99. The van der Waals surface area contributed by atoms with Crippen molar-refractivity contribution < 1.29 is 9.53 Å². The van der Waals surface area contributed by atoms with Crippen molar-refractivity contribution in [3.05, 3.63) is 47.8 Å². The number of ether oxygens (including phenoxy) is 1. The highest BCUT2D eigenvalue weighted by atomic mass is 32.2. The summed E-state index contributed by atoms with van der Waals surface area (Å²) >= 11 is 1.39. The molecular formula is C20H26N4O2S. The van der Waals surface area contributed by atoms with Gasteiger partial charge in [-0.3, -0.25) is 9.36 Å². The van der Waals surface area contributed by atoms with Crippen molar-refractivity contribution in [2.24, 2.45) is 0 Å². The Morgan fingerprint density at radius 3 is 2.93 bits per heavy atom. The van der Waals surface area contributed by atoms with E-state index >= 15 is 0 Å². The zero-order chi connectivity index (χ0) is 19.4. The van der Waals surface area contributed by atoms with Crippen molar-refractivity contribution in [2.75, 3.05) is 5.75 Å². The van der Waals surface area contributed by atoms with E-state index in [0.717, 1.165) is 30.0 Å². The van der Waals surface area contributed by atoms with Gasteiger partial charge in [0, 0.05) is 12.6 Å². The van der Waals surface area contributed by atoms with E-state index in [1.165, 1.54) is 17.3 Å². The molecule has 3 rings (SSSR count). The third-order valence-electron chi connectivity index (χ3n) is 4.55. The maximum absolute atomic E-state index is 12.0. The van der Waals surface area contributed by atoms with Crippen molar-refractivity contribution in [3.63, 3.8) is 0 Å². The van der Waals surface area contributed by atoms with Gasteiger partial charge < -0.3 is 10.1 Å².